The highest BCUT2D eigenvalue weighted by molar-refractivity contribution is 7.13. The normalized spacial score (nSPS) is 21.2. The summed E-state index contributed by atoms with van der Waals surface area (Å²) in [5.41, 5.74) is 9.20. The fraction of sp³-hybridized carbons (Fsp3) is 0.240. The van der Waals surface area contributed by atoms with Crippen LogP contribution in [0.3, 0.4) is 0 Å². The number of benzene rings is 2. The van der Waals surface area contributed by atoms with Crippen LogP contribution in [-0.4, -0.2) is 40.3 Å². The zero-order chi connectivity index (χ0) is 22.5. The van der Waals surface area contributed by atoms with Crippen LogP contribution in [0, 0.1) is 5.92 Å². The van der Waals surface area contributed by atoms with Gasteiger partial charge in [-0.2, -0.15) is 0 Å². The van der Waals surface area contributed by atoms with E-state index in [0.717, 1.165) is 23.8 Å². The third kappa shape index (κ3) is 3.47. The zero-order valence-corrected chi connectivity index (χ0v) is 18.5. The molecule has 2 aromatic heterocycles. The topological polar surface area (TPSA) is 101 Å². The van der Waals surface area contributed by atoms with Crippen molar-refractivity contribution in [3.8, 4) is 11.3 Å². The Balaban J connectivity index is 1.23. The molecule has 3 N–H and O–H groups in total. The number of piperidine rings is 1. The highest BCUT2D eigenvalue weighted by Crippen LogP contribution is 2.48. The van der Waals surface area contributed by atoms with E-state index in [9.17, 15) is 9.59 Å². The minimum atomic E-state index is -0.159. The first-order valence-corrected chi connectivity index (χ1v) is 11.9. The lowest BCUT2D eigenvalue weighted by Gasteiger charge is -2.28. The summed E-state index contributed by atoms with van der Waals surface area (Å²) in [5, 5.41) is 6.18. The van der Waals surface area contributed by atoms with Gasteiger partial charge in [-0.1, -0.05) is 24.3 Å². The predicted molar refractivity (Wildman–Crippen MR) is 127 cm³/mol. The van der Waals surface area contributed by atoms with E-state index < -0.39 is 0 Å². The average Bonchev–Trinajstić information content (AvgIpc) is 3.19. The molecule has 3 atom stereocenters. The van der Waals surface area contributed by atoms with Gasteiger partial charge in [0.15, 0.2) is 5.13 Å². The van der Waals surface area contributed by atoms with Crippen LogP contribution in [0.2, 0.25) is 0 Å². The van der Waals surface area contributed by atoms with Gasteiger partial charge in [-0.25, -0.2) is 4.98 Å². The Morgan fingerprint density at radius 2 is 1.97 bits per heavy atom. The fourth-order valence-electron chi connectivity index (χ4n) is 5.00. The van der Waals surface area contributed by atoms with Crippen molar-refractivity contribution >= 4 is 39.3 Å². The molecule has 6 rings (SSSR count). The lowest BCUT2D eigenvalue weighted by Crippen LogP contribution is -2.45. The van der Waals surface area contributed by atoms with Crippen LogP contribution >= 0.6 is 11.3 Å². The third-order valence-electron chi connectivity index (χ3n) is 6.64. The van der Waals surface area contributed by atoms with Gasteiger partial charge in [0.05, 0.1) is 23.6 Å². The molecule has 166 valence electrons. The van der Waals surface area contributed by atoms with Crippen molar-refractivity contribution in [2.45, 2.75) is 24.9 Å². The van der Waals surface area contributed by atoms with Crippen molar-refractivity contribution in [1.29, 1.82) is 0 Å². The van der Waals surface area contributed by atoms with E-state index in [4.69, 9.17) is 10.2 Å². The molecule has 0 unspecified atom stereocenters. The summed E-state index contributed by atoms with van der Waals surface area (Å²) in [7, 11) is 0. The standard InChI is InChI=1S/C25H22N4O3S/c26-25-28-20(13-33-25)16-4-1-2-5-19(16)24(31)29-15(10-14-11-21(14)29)12-27-23(30)18-6-3-7-22-17(18)8-9-32-22/h1-9,13-15,21H,10-12H2,(H2,26,28)(H,27,30)/t14-,15+,21+/m1/s1. The van der Waals surface area contributed by atoms with Gasteiger partial charge in [-0.05, 0) is 43.0 Å². The van der Waals surface area contributed by atoms with Gasteiger partial charge in [-0.15, -0.1) is 11.3 Å². The van der Waals surface area contributed by atoms with Gasteiger partial charge in [0.2, 0.25) is 0 Å². The van der Waals surface area contributed by atoms with Crippen molar-refractivity contribution in [3.05, 3.63) is 71.3 Å². The molecular weight excluding hydrogens is 436 g/mol. The number of nitrogens with two attached hydrogens (primary N) is 1. The smallest absolute Gasteiger partial charge is 0.255 e. The number of likely N-dealkylation sites (tertiary alicyclic amines) is 1. The summed E-state index contributed by atoms with van der Waals surface area (Å²) in [6, 6.07) is 15.0. The first-order valence-electron chi connectivity index (χ1n) is 11.0. The Labute approximate surface area is 194 Å². The first-order chi connectivity index (χ1) is 16.1. The number of nitrogen functional groups attached to an aromatic ring is 1. The second kappa shape index (κ2) is 7.74. The summed E-state index contributed by atoms with van der Waals surface area (Å²) in [4.78, 5) is 33.0. The summed E-state index contributed by atoms with van der Waals surface area (Å²) >= 11 is 1.36. The number of hydrogen-bond acceptors (Lipinski definition) is 6. The summed E-state index contributed by atoms with van der Waals surface area (Å²) in [5.74, 6) is 0.335. The molecule has 0 bridgehead atoms. The quantitative estimate of drug-likeness (QED) is 0.467. The highest BCUT2D eigenvalue weighted by Gasteiger charge is 2.54. The van der Waals surface area contributed by atoms with Crippen LogP contribution in [-0.2, 0) is 0 Å². The molecular formula is C25H22N4O3S. The Bertz CT molecular complexity index is 1380. The number of hydrogen-bond donors (Lipinski definition) is 2. The maximum atomic E-state index is 13.7. The van der Waals surface area contributed by atoms with Gasteiger partial charge in [0.1, 0.15) is 5.58 Å². The number of fused-ring (bicyclic) bond motifs is 2. The number of carbonyl (C=O) groups is 2. The highest BCUT2D eigenvalue weighted by atomic mass is 32.1. The van der Waals surface area contributed by atoms with Crippen molar-refractivity contribution in [2.75, 3.05) is 12.3 Å². The van der Waals surface area contributed by atoms with Crippen molar-refractivity contribution in [3.63, 3.8) is 0 Å². The maximum Gasteiger partial charge on any atom is 0.255 e. The van der Waals surface area contributed by atoms with Gasteiger partial charge in [-0.3, -0.25) is 9.59 Å². The first kappa shape index (κ1) is 20.0. The number of anilines is 1. The van der Waals surface area contributed by atoms with Crippen LogP contribution in [0.4, 0.5) is 5.13 Å². The number of thiazole rings is 1. The number of furan rings is 1. The van der Waals surface area contributed by atoms with E-state index in [2.05, 4.69) is 10.3 Å². The number of nitrogens with zero attached hydrogens (tertiary/aromatic N) is 2. The van der Waals surface area contributed by atoms with Crippen molar-refractivity contribution in [2.24, 2.45) is 5.92 Å². The number of amides is 2. The molecule has 33 heavy (non-hydrogen) atoms. The molecule has 8 heteroatoms. The SMILES string of the molecule is Nc1nc(-c2ccccc2C(=O)N2[C@H](CNC(=O)c3cccc4occc34)C[C@@H]3C[C@@H]32)cs1. The molecule has 2 fully saturated rings. The molecule has 2 amide bonds. The van der Waals surface area contributed by atoms with E-state index in [1.54, 1.807) is 18.4 Å². The molecule has 1 aliphatic heterocycles. The van der Waals surface area contributed by atoms with Gasteiger partial charge < -0.3 is 20.4 Å². The van der Waals surface area contributed by atoms with Crippen molar-refractivity contribution < 1.29 is 14.0 Å². The maximum absolute atomic E-state index is 13.7. The predicted octanol–water partition coefficient (Wildman–Crippen LogP) is 4.17. The third-order valence-corrected chi connectivity index (χ3v) is 7.31. The van der Waals surface area contributed by atoms with Crippen LogP contribution in [0.5, 0.6) is 0 Å². The lowest BCUT2D eigenvalue weighted by atomic mass is 10.0. The molecule has 2 aliphatic rings. The molecule has 1 saturated heterocycles. The van der Waals surface area contributed by atoms with Crippen LogP contribution in [0.25, 0.3) is 22.2 Å². The monoisotopic (exact) mass is 458 g/mol. The second-order valence-electron chi connectivity index (χ2n) is 8.63. The van der Waals surface area contributed by atoms with Gasteiger partial charge in [0.25, 0.3) is 11.8 Å². The largest absolute Gasteiger partial charge is 0.464 e. The molecule has 2 aromatic carbocycles. The van der Waals surface area contributed by atoms with Crippen LogP contribution < -0.4 is 11.1 Å². The minimum absolute atomic E-state index is 0.0154. The Kier molecular flexibility index (Phi) is 4.69. The Morgan fingerprint density at radius 3 is 2.82 bits per heavy atom. The molecule has 3 heterocycles. The Morgan fingerprint density at radius 1 is 1.12 bits per heavy atom. The lowest BCUT2D eigenvalue weighted by molar-refractivity contribution is 0.0689. The summed E-state index contributed by atoms with van der Waals surface area (Å²) < 4.78 is 5.41. The van der Waals surface area contributed by atoms with Gasteiger partial charge in [0, 0.05) is 34.5 Å². The number of rotatable bonds is 5. The molecule has 1 saturated carbocycles. The van der Waals surface area contributed by atoms with E-state index in [1.165, 1.54) is 11.3 Å². The molecule has 1 aliphatic carbocycles. The van der Waals surface area contributed by atoms with Crippen LogP contribution in [0.15, 0.2) is 64.6 Å². The fourth-order valence-corrected chi connectivity index (χ4v) is 5.56. The molecule has 4 aromatic rings. The average molecular weight is 459 g/mol. The summed E-state index contributed by atoms with van der Waals surface area (Å²) in [6.45, 7) is 0.414. The zero-order valence-electron chi connectivity index (χ0n) is 17.7. The number of aromatic nitrogens is 1. The minimum Gasteiger partial charge on any atom is -0.464 e. The number of carbonyl (C=O) groups excluding carboxylic acids is 2. The van der Waals surface area contributed by atoms with E-state index in [-0.39, 0.29) is 23.9 Å². The second-order valence-corrected chi connectivity index (χ2v) is 9.52. The van der Waals surface area contributed by atoms with Gasteiger partial charge >= 0.3 is 0 Å². The summed E-state index contributed by atoms with van der Waals surface area (Å²) in [6.07, 6.45) is 3.51. The van der Waals surface area contributed by atoms with Crippen LogP contribution in [0.1, 0.15) is 33.6 Å². The van der Waals surface area contributed by atoms with E-state index in [0.29, 0.717) is 40.0 Å². The molecule has 0 spiro atoms. The Hall–Kier alpha value is -3.65. The molecule has 7 nitrogen and oxygen atoms in total. The van der Waals surface area contributed by atoms with Crippen molar-refractivity contribution in [1.82, 2.24) is 15.2 Å². The van der Waals surface area contributed by atoms with E-state index in [1.807, 2.05) is 46.7 Å². The van der Waals surface area contributed by atoms with E-state index >= 15 is 0 Å². The number of nitrogens with one attached hydrogen (secondary N) is 1. The molecule has 0 radical (unpaired) electrons.